The zero-order chi connectivity index (χ0) is 23.8. The van der Waals surface area contributed by atoms with Crippen molar-refractivity contribution in [1.29, 1.82) is 0 Å². The van der Waals surface area contributed by atoms with Gasteiger partial charge in [-0.05, 0) is 24.3 Å². The summed E-state index contributed by atoms with van der Waals surface area (Å²) in [6.07, 6.45) is 1.74. The van der Waals surface area contributed by atoms with Crippen LogP contribution in [0, 0.1) is 10.1 Å². The molecule has 1 amide bonds. The maximum atomic E-state index is 12.8. The van der Waals surface area contributed by atoms with Gasteiger partial charge in [0.05, 0.1) is 28.7 Å². The van der Waals surface area contributed by atoms with Crippen molar-refractivity contribution in [3.63, 3.8) is 0 Å². The van der Waals surface area contributed by atoms with Crippen molar-refractivity contribution in [2.45, 2.75) is 9.79 Å². The van der Waals surface area contributed by atoms with E-state index in [0.717, 1.165) is 11.0 Å². The molecule has 1 fully saturated rings. The standard InChI is InChI=1S/C21H23N3O7S2/c1-2-13-32-20-6-4-3-5-17(20)22-21(25)15-31-19-8-7-16(14-18(19)24(26)27)33(28,29)23-9-11-30-12-10-23/h2-8,14H,1,9-13,15H2,(H,22,25). The number of amides is 1. The number of ether oxygens (including phenoxy) is 2. The average molecular weight is 494 g/mol. The molecule has 1 aliphatic heterocycles. The first-order valence-electron chi connectivity index (χ1n) is 9.94. The second-order valence-corrected chi connectivity index (χ2v) is 9.84. The van der Waals surface area contributed by atoms with Crippen molar-refractivity contribution in [2.24, 2.45) is 0 Å². The minimum Gasteiger partial charge on any atom is -0.477 e. The summed E-state index contributed by atoms with van der Waals surface area (Å²) >= 11 is 1.49. The molecule has 1 heterocycles. The lowest BCUT2D eigenvalue weighted by molar-refractivity contribution is -0.386. The topological polar surface area (TPSA) is 128 Å². The SMILES string of the molecule is C=CCSc1ccccc1NC(=O)COc1ccc(S(=O)(=O)N2CCOCC2)cc1[N+](=O)[O-]. The van der Waals surface area contributed by atoms with Crippen LogP contribution >= 0.6 is 11.8 Å². The second kappa shape index (κ2) is 11.3. The molecule has 0 unspecified atom stereocenters. The zero-order valence-electron chi connectivity index (χ0n) is 17.6. The molecule has 0 radical (unpaired) electrons. The molecule has 0 spiro atoms. The number of benzene rings is 2. The first-order chi connectivity index (χ1) is 15.8. The van der Waals surface area contributed by atoms with E-state index in [4.69, 9.17) is 9.47 Å². The van der Waals surface area contributed by atoms with Crippen LogP contribution in [0.4, 0.5) is 11.4 Å². The molecule has 33 heavy (non-hydrogen) atoms. The van der Waals surface area contributed by atoms with Gasteiger partial charge in [-0.25, -0.2) is 8.42 Å². The number of para-hydroxylation sites is 1. The van der Waals surface area contributed by atoms with Gasteiger partial charge in [0.1, 0.15) is 0 Å². The molecule has 10 nitrogen and oxygen atoms in total. The lowest BCUT2D eigenvalue weighted by Crippen LogP contribution is -2.40. The smallest absolute Gasteiger partial charge is 0.312 e. The highest BCUT2D eigenvalue weighted by Crippen LogP contribution is 2.31. The number of rotatable bonds is 10. The highest BCUT2D eigenvalue weighted by atomic mass is 32.2. The summed E-state index contributed by atoms with van der Waals surface area (Å²) in [7, 11) is -3.91. The van der Waals surface area contributed by atoms with Gasteiger partial charge in [-0.3, -0.25) is 14.9 Å². The number of morpholine rings is 1. The van der Waals surface area contributed by atoms with E-state index < -0.39 is 33.1 Å². The summed E-state index contributed by atoms with van der Waals surface area (Å²) in [6, 6.07) is 10.6. The van der Waals surface area contributed by atoms with Crippen LogP contribution in [0.15, 0.2) is 64.9 Å². The first-order valence-corrected chi connectivity index (χ1v) is 12.4. The number of hydrogen-bond acceptors (Lipinski definition) is 8. The molecular weight excluding hydrogens is 470 g/mol. The second-order valence-electron chi connectivity index (χ2n) is 6.84. The van der Waals surface area contributed by atoms with Gasteiger partial charge < -0.3 is 14.8 Å². The maximum Gasteiger partial charge on any atom is 0.312 e. The quantitative estimate of drug-likeness (QED) is 0.232. The number of thioether (sulfide) groups is 1. The van der Waals surface area contributed by atoms with Gasteiger partial charge in [0.2, 0.25) is 10.0 Å². The van der Waals surface area contributed by atoms with Crippen molar-refractivity contribution in [3.8, 4) is 5.75 Å². The maximum absolute atomic E-state index is 12.8. The third-order valence-corrected chi connectivity index (χ3v) is 7.58. The monoisotopic (exact) mass is 493 g/mol. The third kappa shape index (κ3) is 6.32. The molecule has 3 rings (SSSR count). The van der Waals surface area contributed by atoms with Crippen LogP contribution in [-0.2, 0) is 19.6 Å². The summed E-state index contributed by atoms with van der Waals surface area (Å²) in [5.74, 6) is -0.0543. The van der Waals surface area contributed by atoms with Gasteiger partial charge >= 0.3 is 5.69 Å². The summed E-state index contributed by atoms with van der Waals surface area (Å²) in [5.41, 5.74) is 0.0403. The number of carbonyl (C=O) groups is 1. The van der Waals surface area contributed by atoms with Crippen molar-refractivity contribution < 1.29 is 27.6 Å². The molecule has 0 atom stereocenters. The number of nitro benzene ring substituents is 1. The van der Waals surface area contributed by atoms with Crippen LogP contribution in [-0.4, -0.2) is 62.2 Å². The molecule has 0 bridgehead atoms. The van der Waals surface area contributed by atoms with Gasteiger partial charge in [0.25, 0.3) is 5.91 Å². The molecule has 176 valence electrons. The normalized spacial score (nSPS) is 14.4. The highest BCUT2D eigenvalue weighted by Gasteiger charge is 2.29. The average Bonchev–Trinajstić information content (AvgIpc) is 2.82. The largest absolute Gasteiger partial charge is 0.477 e. The van der Waals surface area contributed by atoms with E-state index in [0.29, 0.717) is 11.4 Å². The number of carbonyl (C=O) groups excluding carboxylic acids is 1. The molecule has 1 saturated heterocycles. The molecular formula is C21H23N3O7S2. The van der Waals surface area contributed by atoms with E-state index in [1.54, 1.807) is 18.2 Å². The minimum atomic E-state index is -3.91. The summed E-state index contributed by atoms with van der Waals surface area (Å²) < 4.78 is 37.3. The number of anilines is 1. The van der Waals surface area contributed by atoms with E-state index in [1.165, 1.54) is 28.2 Å². The Bertz CT molecular complexity index is 1130. The Balaban J connectivity index is 1.72. The van der Waals surface area contributed by atoms with Crippen LogP contribution < -0.4 is 10.1 Å². The molecule has 0 aliphatic carbocycles. The van der Waals surface area contributed by atoms with Crippen LogP contribution in [0.1, 0.15) is 0 Å². The van der Waals surface area contributed by atoms with Crippen LogP contribution in [0.3, 0.4) is 0 Å². The van der Waals surface area contributed by atoms with Crippen molar-refractivity contribution in [2.75, 3.05) is 44.0 Å². The Kier molecular flexibility index (Phi) is 8.44. The molecule has 1 N–H and O–H groups in total. The fourth-order valence-corrected chi connectivity index (χ4v) is 5.21. The fourth-order valence-electron chi connectivity index (χ4n) is 3.03. The van der Waals surface area contributed by atoms with Crippen molar-refractivity contribution in [3.05, 3.63) is 65.2 Å². The molecule has 0 saturated carbocycles. The number of nitrogens with zero attached hydrogens (tertiary/aromatic N) is 2. The zero-order valence-corrected chi connectivity index (χ0v) is 19.3. The first kappa shape index (κ1) is 24.7. The number of nitro groups is 1. The van der Waals surface area contributed by atoms with E-state index in [9.17, 15) is 23.3 Å². The molecule has 0 aromatic heterocycles. The lowest BCUT2D eigenvalue weighted by Gasteiger charge is -2.26. The fraction of sp³-hybridized carbons (Fsp3) is 0.286. The predicted molar refractivity (Wildman–Crippen MR) is 124 cm³/mol. The molecule has 2 aromatic rings. The van der Waals surface area contributed by atoms with E-state index >= 15 is 0 Å². The van der Waals surface area contributed by atoms with Crippen molar-refractivity contribution in [1.82, 2.24) is 4.31 Å². The molecule has 1 aliphatic rings. The third-order valence-electron chi connectivity index (χ3n) is 4.61. The van der Waals surface area contributed by atoms with E-state index in [-0.39, 0.29) is 36.9 Å². The van der Waals surface area contributed by atoms with E-state index in [1.807, 2.05) is 12.1 Å². The predicted octanol–water partition coefficient (Wildman–Crippen LogP) is 2.91. The van der Waals surface area contributed by atoms with Crippen LogP contribution in [0.25, 0.3) is 0 Å². The van der Waals surface area contributed by atoms with Crippen molar-refractivity contribution >= 4 is 39.1 Å². The van der Waals surface area contributed by atoms with Gasteiger partial charge in [0.15, 0.2) is 12.4 Å². The molecule has 12 heteroatoms. The summed E-state index contributed by atoms with van der Waals surface area (Å²) in [6.45, 7) is 4.03. The Labute approximate surface area is 195 Å². The summed E-state index contributed by atoms with van der Waals surface area (Å²) in [5, 5.41) is 14.3. The lowest BCUT2D eigenvalue weighted by atomic mass is 10.3. The number of hydrogen-bond donors (Lipinski definition) is 1. The number of sulfonamides is 1. The Morgan fingerprint density at radius 1 is 1.27 bits per heavy atom. The Morgan fingerprint density at radius 3 is 2.70 bits per heavy atom. The van der Waals surface area contributed by atoms with Gasteiger partial charge in [-0.2, -0.15) is 4.31 Å². The Morgan fingerprint density at radius 2 is 2.00 bits per heavy atom. The van der Waals surface area contributed by atoms with Crippen LogP contribution in [0.2, 0.25) is 0 Å². The Hall–Kier alpha value is -2.93. The van der Waals surface area contributed by atoms with Gasteiger partial charge in [0, 0.05) is 29.8 Å². The van der Waals surface area contributed by atoms with Gasteiger partial charge in [-0.1, -0.05) is 18.2 Å². The van der Waals surface area contributed by atoms with E-state index in [2.05, 4.69) is 11.9 Å². The van der Waals surface area contributed by atoms with Crippen LogP contribution in [0.5, 0.6) is 5.75 Å². The molecule has 2 aromatic carbocycles. The highest BCUT2D eigenvalue weighted by molar-refractivity contribution is 7.99. The summed E-state index contributed by atoms with van der Waals surface area (Å²) in [4.78, 5) is 23.8. The van der Waals surface area contributed by atoms with Gasteiger partial charge in [-0.15, -0.1) is 18.3 Å². The number of nitrogens with one attached hydrogen (secondary N) is 1. The minimum absolute atomic E-state index is 0.168.